The molecule has 0 aromatic heterocycles. The minimum absolute atomic E-state index is 0.0454. The first-order valence-corrected chi connectivity index (χ1v) is 11.2. The van der Waals surface area contributed by atoms with Gasteiger partial charge in [0.25, 0.3) is 11.8 Å². The van der Waals surface area contributed by atoms with Gasteiger partial charge in [-0.3, -0.25) is 9.59 Å². The molecule has 3 rings (SSSR count). The molecule has 2 amide bonds. The molecule has 3 aromatic rings. The highest BCUT2D eigenvalue weighted by molar-refractivity contribution is 6.04. The zero-order valence-corrected chi connectivity index (χ0v) is 19.9. The third-order valence-electron chi connectivity index (χ3n) is 5.48. The average Bonchev–Trinajstić information content (AvgIpc) is 2.79. The molecule has 0 aliphatic heterocycles. The van der Waals surface area contributed by atoms with Crippen LogP contribution in [0.2, 0.25) is 0 Å². The minimum Gasteiger partial charge on any atom is -0.481 e. The van der Waals surface area contributed by atoms with E-state index in [2.05, 4.69) is 31.4 Å². The molecule has 2 atom stereocenters. The number of amides is 2. The molecule has 0 spiro atoms. The Kier molecular flexibility index (Phi) is 7.54. The monoisotopic (exact) mass is 444 g/mol. The first-order valence-electron chi connectivity index (χ1n) is 11.2. The van der Waals surface area contributed by atoms with Crippen LogP contribution in [-0.2, 0) is 10.2 Å². The molecule has 0 saturated carbocycles. The van der Waals surface area contributed by atoms with Gasteiger partial charge in [-0.25, -0.2) is 0 Å². The SMILES string of the molecule is C[C@@H](Oc1ccc(C(C)(C)C)cc1)C(=O)Nc1ccccc1C(=O)N[C@H](C)c1ccccc1. The molecular weight excluding hydrogens is 412 g/mol. The van der Waals surface area contributed by atoms with E-state index in [9.17, 15) is 9.59 Å². The molecule has 0 saturated heterocycles. The summed E-state index contributed by atoms with van der Waals surface area (Å²) in [6.07, 6.45) is -0.732. The van der Waals surface area contributed by atoms with Crippen molar-refractivity contribution in [1.82, 2.24) is 5.32 Å². The van der Waals surface area contributed by atoms with Crippen LogP contribution in [0.3, 0.4) is 0 Å². The molecule has 0 aliphatic carbocycles. The van der Waals surface area contributed by atoms with Crippen LogP contribution >= 0.6 is 0 Å². The van der Waals surface area contributed by atoms with Crippen LogP contribution in [0.5, 0.6) is 5.75 Å². The fraction of sp³-hybridized carbons (Fsp3) is 0.286. The maximum Gasteiger partial charge on any atom is 0.265 e. The van der Waals surface area contributed by atoms with E-state index in [-0.39, 0.29) is 23.3 Å². The number of hydrogen-bond donors (Lipinski definition) is 2. The predicted molar refractivity (Wildman–Crippen MR) is 133 cm³/mol. The van der Waals surface area contributed by atoms with Crippen molar-refractivity contribution in [2.45, 2.75) is 52.2 Å². The molecule has 172 valence electrons. The number of nitrogens with one attached hydrogen (secondary N) is 2. The molecule has 3 aromatic carbocycles. The van der Waals surface area contributed by atoms with Gasteiger partial charge >= 0.3 is 0 Å². The number of hydrogen-bond acceptors (Lipinski definition) is 3. The van der Waals surface area contributed by atoms with Gasteiger partial charge in [0.05, 0.1) is 17.3 Å². The van der Waals surface area contributed by atoms with E-state index in [4.69, 9.17) is 4.74 Å². The number of anilines is 1. The lowest BCUT2D eigenvalue weighted by molar-refractivity contribution is -0.122. The largest absolute Gasteiger partial charge is 0.481 e. The Labute approximate surface area is 196 Å². The summed E-state index contributed by atoms with van der Waals surface area (Å²) in [5.41, 5.74) is 3.08. The molecule has 5 heteroatoms. The highest BCUT2D eigenvalue weighted by Crippen LogP contribution is 2.25. The van der Waals surface area contributed by atoms with E-state index < -0.39 is 6.10 Å². The maximum absolute atomic E-state index is 12.9. The molecule has 0 unspecified atom stereocenters. The van der Waals surface area contributed by atoms with Gasteiger partial charge in [0.15, 0.2) is 6.10 Å². The third kappa shape index (κ3) is 6.45. The van der Waals surface area contributed by atoms with Crippen LogP contribution in [0.25, 0.3) is 0 Å². The van der Waals surface area contributed by atoms with Crippen LogP contribution in [0.15, 0.2) is 78.9 Å². The number of carbonyl (C=O) groups is 2. The fourth-order valence-electron chi connectivity index (χ4n) is 3.42. The number of benzene rings is 3. The number of ether oxygens (including phenoxy) is 1. The lowest BCUT2D eigenvalue weighted by Crippen LogP contribution is -2.32. The number of carbonyl (C=O) groups excluding carboxylic acids is 2. The third-order valence-corrected chi connectivity index (χ3v) is 5.48. The van der Waals surface area contributed by atoms with Crippen LogP contribution < -0.4 is 15.4 Å². The van der Waals surface area contributed by atoms with Crippen molar-refractivity contribution < 1.29 is 14.3 Å². The van der Waals surface area contributed by atoms with Gasteiger partial charge in [-0.15, -0.1) is 0 Å². The molecule has 0 radical (unpaired) electrons. The Morgan fingerprint density at radius 1 is 0.818 bits per heavy atom. The standard InChI is InChI=1S/C28H32N2O3/c1-19(21-11-7-6-8-12-21)29-27(32)24-13-9-10-14-25(24)30-26(31)20(2)33-23-17-15-22(16-18-23)28(3,4)5/h6-20H,1-5H3,(H,29,32)(H,30,31)/t19-,20-/m1/s1. The van der Waals surface area contributed by atoms with Crippen molar-refractivity contribution in [3.05, 3.63) is 95.6 Å². The van der Waals surface area contributed by atoms with E-state index >= 15 is 0 Å². The van der Waals surface area contributed by atoms with Crippen LogP contribution in [0, 0.1) is 0 Å². The number of para-hydroxylation sites is 1. The van der Waals surface area contributed by atoms with Gasteiger partial charge in [0.1, 0.15) is 5.75 Å². The van der Waals surface area contributed by atoms with Crippen molar-refractivity contribution in [1.29, 1.82) is 0 Å². The quantitative estimate of drug-likeness (QED) is 0.478. The van der Waals surface area contributed by atoms with Gasteiger partial charge in [0.2, 0.25) is 0 Å². The highest BCUT2D eigenvalue weighted by atomic mass is 16.5. The topological polar surface area (TPSA) is 67.4 Å². The predicted octanol–water partition coefficient (Wildman–Crippen LogP) is 5.88. The highest BCUT2D eigenvalue weighted by Gasteiger charge is 2.20. The van der Waals surface area contributed by atoms with Gasteiger partial charge < -0.3 is 15.4 Å². The first kappa shape index (κ1) is 24.1. The lowest BCUT2D eigenvalue weighted by atomic mass is 9.87. The van der Waals surface area contributed by atoms with Crippen molar-refractivity contribution in [2.75, 3.05) is 5.32 Å². The second-order valence-corrected chi connectivity index (χ2v) is 9.18. The Morgan fingerprint density at radius 2 is 1.42 bits per heavy atom. The molecule has 0 aliphatic rings. The molecule has 0 bridgehead atoms. The average molecular weight is 445 g/mol. The van der Waals surface area contributed by atoms with E-state index in [1.54, 1.807) is 31.2 Å². The fourth-order valence-corrected chi connectivity index (χ4v) is 3.42. The van der Waals surface area contributed by atoms with Crippen molar-refractivity contribution >= 4 is 17.5 Å². The maximum atomic E-state index is 12.9. The Hall–Kier alpha value is -3.60. The zero-order chi connectivity index (χ0) is 24.0. The minimum atomic E-state index is -0.732. The zero-order valence-electron chi connectivity index (χ0n) is 19.9. The van der Waals surface area contributed by atoms with Gasteiger partial charge in [0, 0.05) is 0 Å². The number of rotatable bonds is 7. The Bertz CT molecular complexity index is 1090. The summed E-state index contributed by atoms with van der Waals surface area (Å²) in [4.78, 5) is 25.7. The molecule has 2 N–H and O–H groups in total. The van der Waals surface area contributed by atoms with E-state index in [1.807, 2.05) is 61.5 Å². The lowest BCUT2D eigenvalue weighted by Gasteiger charge is -2.20. The Balaban J connectivity index is 1.65. The van der Waals surface area contributed by atoms with E-state index in [0.29, 0.717) is 17.0 Å². The summed E-state index contributed by atoms with van der Waals surface area (Å²) in [6, 6.07) is 24.3. The van der Waals surface area contributed by atoms with Crippen LogP contribution in [-0.4, -0.2) is 17.9 Å². The Morgan fingerprint density at radius 3 is 2.06 bits per heavy atom. The van der Waals surface area contributed by atoms with Gasteiger partial charge in [-0.05, 0) is 54.7 Å². The summed E-state index contributed by atoms with van der Waals surface area (Å²) in [7, 11) is 0. The second-order valence-electron chi connectivity index (χ2n) is 9.18. The summed E-state index contributed by atoms with van der Waals surface area (Å²) < 4.78 is 5.83. The molecule has 0 fully saturated rings. The van der Waals surface area contributed by atoms with E-state index in [1.165, 1.54) is 5.56 Å². The van der Waals surface area contributed by atoms with Crippen LogP contribution in [0.1, 0.15) is 62.1 Å². The molecule has 0 heterocycles. The summed E-state index contributed by atoms with van der Waals surface area (Å²) in [5.74, 6) is 0.0354. The van der Waals surface area contributed by atoms with E-state index in [0.717, 1.165) is 5.56 Å². The normalized spacial score (nSPS) is 13.0. The molecule has 5 nitrogen and oxygen atoms in total. The van der Waals surface area contributed by atoms with Crippen molar-refractivity contribution in [2.24, 2.45) is 0 Å². The van der Waals surface area contributed by atoms with Gasteiger partial charge in [-0.1, -0.05) is 75.4 Å². The summed E-state index contributed by atoms with van der Waals surface area (Å²) in [5, 5.41) is 5.83. The van der Waals surface area contributed by atoms with Gasteiger partial charge in [-0.2, -0.15) is 0 Å². The summed E-state index contributed by atoms with van der Waals surface area (Å²) in [6.45, 7) is 10.1. The smallest absolute Gasteiger partial charge is 0.265 e. The molecular formula is C28H32N2O3. The molecule has 33 heavy (non-hydrogen) atoms. The van der Waals surface area contributed by atoms with Crippen molar-refractivity contribution in [3.8, 4) is 5.75 Å². The van der Waals surface area contributed by atoms with Crippen molar-refractivity contribution in [3.63, 3.8) is 0 Å². The first-order chi connectivity index (χ1) is 15.6. The van der Waals surface area contributed by atoms with Crippen LogP contribution in [0.4, 0.5) is 5.69 Å². The second kappa shape index (κ2) is 10.3. The summed E-state index contributed by atoms with van der Waals surface area (Å²) >= 11 is 0.